The molecule has 2 N–H and O–H groups in total. The monoisotopic (exact) mass is 385 g/mol. The molecule has 1 aliphatic heterocycles. The number of fused-ring (bicyclic) bond motifs is 2. The molecule has 5 rings (SSSR count). The average Bonchev–Trinajstić information content (AvgIpc) is 3.03. The second-order valence-corrected chi connectivity index (χ2v) is 7.52. The van der Waals surface area contributed by atoms with Crippen molar-refractivity contribution in [3.63, 3.8) is 0 Å². The molecular formula is C22H19N5O2. The number of carbonyl (C=O) groups is 1. The fourth-order valence-electron chi connectivity index (χ4n) is 3.97. The number of aromatic nitrogens is 3. The van der Waals surface area contributed by atoms with E-state index in [9.17, 15) is 9.59 Å². The Labute approximate surface area is 166 Å². The van der Waals surface area contributed by atoms with Gasteiger partial charge in [-0.3, -0.25) is 14.3 Å². The lowest BCUT2D eigenvalue weighted by Gasteiger charge is -2.45. The van der Waals surface area contributed by atoms with Crippen LogP contribution in [0.5, 0.6) is 0 Å². The predicted molar refractivity (Wildman–Crippen MR) is 112 cm³/mol. The highest BCUT2D eigenvalue weighted by molar-refractivity contribution is 6.04. The summed E-state index contributed by atoms with van der Waals surface area (Å²) in [5, 5.41) is 3.06. The molecule has 7 nitrogen and oxygen atoms in total. The number of anilines is 2. The predicted octanol–water partition coefficient (Wildman–Crippen LogP) is 3.33. The summed E-state index contributed by atoms with van der Waals surface area (Å²) in [5.74, 6) is -0.142. The summed E-state index contributed by atoms with van der Waals surface area (Å²) >= 11 is 0. The van der Waals surface area contributed by atoms with Gasteiger partial charge in [0.2, 0.25) is 0 Å². The summed E-state index contributed by atoms with van der Waals surface area (Å²) in [4.78, 5) is 34.4. The standard InChI is InChI=1S/C22H19N5O2/c1-22(2)25-20(28)16-11-10-15(13-18(16)27(22)14-7-4-3-5-8-14)26-17-9-6-12-23-19(17)24-21(26)29/h3-13H,1-2H3,(H,25,28)(H,23,24,29). The highest BCUT2D eigenvalue weighted by Gasteiger charge is 2.37. The van der Waals surface area contributed by atoms with Crippen molar-refractivity contribution in [1.29, 1.82) is 0 Å². The van der Waals surface area contributed by atoms with Crippen molar-refractivity contribution >= 4 is 28.4 Å². The van der Waals surface area contributed by atoms with Crippen LogP contribution in [0.25, 0.3) is 16.9 Å². The first kappa shape index (κ1) is 17.2. The van der Waals surface area contributed by atoms with E-state index in [0.717, 1.165) is 11.4 Å². The lowest BCUT2D eigenvalue weighted by atomic mass is 9.99. The minimum Gasteiger partial charge on any atom is -0.329 e. The number of nitrogens with zero attached hydrogens (tertiary/aromatic N) is 3. The quantitative estimate of drug-likeness (QED) is 0.554. The number of hydrogen-bond acceptors (Lipinski definition) is 4. The van der Waals surface area contributed by atoms with Gasteiger partial charge in [0.15, 0.2) is 5.65 Å². The number of nitrogens with one attached hydrogen (secondary N) is 2. The van der Waals surface area contributed by atoms with Gasteiger partial charge in [-0.25, -0.2) is 9.78 Å². The smallest absolute Gasteiger partial charge is 0.329 e. The lowest BCUT2D eigenvalue weighted by Crippen LogP contribution is -2.58. The Hall–Kier alpha value is -3.87. The molecule has 0 aliphatic carbocycles. The third-order valence-corrected chi connectivity index (χ3v) is 5.17. The topological polar surface area (TPSA) is 83.0 Å². The SMILES string of the molecule is CC1(C)NC(=O)c2ccc(-n3c(=O)[nH]c4ncccc43)cc2N1c1ccccc1. The Bertz CT molecular complexity index is 1300. The maximum Gasteiger partial charge on any atom is 0.332 e. The third-order valence-electron chi connectivity index (χ3n) is 5.17. The average molecular weight is 385 g/mol. The van der Waals surface area contributed by atoms with Crippen molar-refractivity contribution in [2.24, 2.45) is 0 Å². The largest absolute Gasteiger partial charge is 0.332 e. The van der Waals surface area contributed by atoms with Crippen LogP contribution in [0.15, 0.2) is 71.7 Å². The molecule has 0 atom stereocenters. The van der Waals surface area contributed by atoms with Crippen LogP contribution in [-0.4, -0.2) is 26.1 Å². The van der Waals surface area contributed by atoms with Gasteiger partial charge in [-0.15, -0.1) is 0 Å². The number of pyridine rings is 1. The van der Waals surface area contributed by atoms with Gasteiger partial charge in [-0.05, 0) is 56.3 Å². The number of benzene rings is 2. The van der Waals surface area contributed by atoms with Crippen LogP contribution in [0.4, 0.5) is 11.4 Å². The molecule has 2 aromatic heterocycles. The molecule has 4 aromatic rings. The van der Waals surface area contributed by atoms with Crippen LogP contribution in [0.3, 0.4) is 0 Å². The van der Waals surface area contributed by atoms with Gasteiger partial charge in [-0.2, -0.15) is 0 Å². The van der Waals surface area contributed by atoms with Crippen molar-refractivity contribution in [3.8, 4) is 5.69 Å². The van der Waals surface area contributed by atoms with Crippen LogP contribution in [0.2, 0.25) is 0 Å². The fraction of sp³-hybridized carbons (Fsp3) is 0.136. The van der Waals surface area contributed by atoms with Crippen LogP contribution in [0, 0.1) is 0 Å². The molecule has 2 aromatic carbocycles. The van der Waals surface area contributed by atoms with Gasteiger partial charge in [-0.1, -0.05) is 18.2 Å². The van der Waals surface area contributed by atoms with E-state index in [2.05, 4.69) is 20.2 Å². The van der Waals surface area contributed by atoms with E-state index in [1.807, 2.05) is 56.3 Å². The highest BCUT2D eigenvalue weighted by Crippen LogP contribution is 2.39. The van der Waals surface area contributed by atoms with Crippen LogP contribution in [0.1, 0.15) is 24.2 Å². The Morgan fingerprint density at radius 1 is 0.931 bits per heavy atom. The second-order valence-electron chi connectivity index (χ2n) is 7.52. The maximum atomic E-state index is 12.7. The summed E-state index contributed by atoms with van der Waals surface area (Å²) in [6, 6.07) is 18.9. The van der Waals surface area contributed by atoms with Crippen LogP contribution < -0.4 is 15.9 Å². The second kappa shape index (κ2) is 6.07. The Balaban J connectivity index is 1.77. The number of imidazole rings is 1. The molecule has 0 unspecified atom stereocenters. The van der Waals surface area contributed by atoms with Crippen LogP contribution in [-0.2, 0) is 0 Å². The van der Waals surface area contributed by atoms with Gasteiger partial charge in [0, 0.05) is 11.9 Å². The van der Waals surface area contributed by atoms with Crippen molar-refractivity contribution in [2.75, 3.05) is 4.90 Å². The zero-order valence-electron chi connectivity index (χ0n) is 16.0. The number of aromatic amines is 1. The van der Waals surface area contributed by atoms with Crippen LogP contribution >= 0.6 is 0 Å². The summed E-state index contributed by atoms with van der Waals surface area (Å²) < 4.78 is 1.57. The highest BCUT2D eigenvalue weighted by atomic mass is 16.2. The van der Waals surface area contributed by atoms with E-state index in [1.165, 1.54) is 0 Å². The normalized spacial score (nSPS) is 15.2. The molecule has 0 radical (unpaired) electrons. The van der Waals surface area contributed by atoms with Gasteiger partial charge >= 0.3 is 5.69 Å². The molecule has 0 saturated carbocycles. The number of hydrogen-bond donors (Lipinski definition) is 2. The van der Waals surface area contributed by atoms with E-state index in [0.29, 0.717) is 22.4 Å². The molecule has 144 valence electrons. The van der Waals surface area contributed by atoms with Crippen molar-refractivity contribution < 1.29 is 4.79 Å². The zero-order valence-corrected chi connectivity index (χ0v) is 16.0. The van der Waals surface area contributed by atoms with E-state index in [4.69, 9.17) is 0 Å². The molecule has 0 fully saturated rings. The number of carbonyl (C=O) groups excluding carboxylic acids is 1. The van der Waals surface area contributed by atoms with Crippen molar-refractivity contribution in [3.05, 3.63) is 82.9 Å². The molecular weight excluding hydrogens is 366 g/mol. The molecule has 7 heteroatoms. The van der Waals surface area contributed by atoms with Gasteiger partial charge < -0.3 is 10.2 Å². The van der Waals surface area contributed by atoms with Crippen molar-refractivity contribution in [1.82, 2.24) is 19.9 Å². The van der Waals surface area contributed by atoms with E-state index < -0.39 is 5.66 Å². The number of amides is 1. The minimum absolute atomic E-state index is 0.142. The molecule has 1 aliphatic rings. The summed E-state index contributed by atoms with van der Waals surface area (Å²) in [6.45, 7) is 3.91. The molecule has 0 spiro atoms. The van der Waals surface area contributed by atoms with E-state index in [-0.39, 0.29) is 11.6 Å². The molecule has 3 heterocycles. The van der Waals surface area contributed by atoms with E-state index in [1.54, 1.807) is 29.0 Å². The molecule has 1 amide bonds. The summed E-state index contributed by atoms with van der Waals surface area (Å²) in [6.07, 6.45) is 1.64. The Morgan fingerprint density at radius 3 is 2.52 bits per heavy atom. The first-order valence-electron chi connectivity index (χ1n) is 9.34. The van der Waals surface area contributed by atoms with Gasteiger partial charge in [0.25, 0.3) is 5.91 Å². The first-order valence-corrected chi connectivity index (χ1v) is 9.34. The fourth-order valence-corrected chi connectivity index (χ4v) is 3.97. The molecule has 0 bridgehead atoms. The van der Waals surface area contributed by atoms with Crippen molar-refractivity contribution in [2.45, 2.75) is 19.5 Å². The zero-order chi connectivity index (χ0) is 20.2. The minimum atomic E-state index is -0.642. The number of para-hydroxylation sites is 1. The summed E-state index contributed by atoms with van der Waals surface area (Å²) in [7, 11) is 0. The Kier molecular flexibility index (Phi) is 3.61. The van der Waals surface area contributed by atoms with Gasteiger partial charge in [0.05, 0.1) is 22.5 Å². The number of H-pyrrole nitrogens is 1. The van der Waals surface area contributed by atoms with Gasteiger partial charge in [0.1, 0.15) is 5.66 Å². The number of rotatable bonds is 2. The van der Waals surface area contributed by atoms with E-state index >= 15 is 0 Å². The first-order chi connectivity index (χ1) is 14.0. The third kappa shape index (κ3) is 2.62. The molecule has 0 saturated heterocycles. The molecule has 29 heavy (non-hydrogen) atoms. The Morgan fingerprint density at radius 2 is 1.72 bits per heavy atom. The lowest BCUT2D eigenvalue weighted by molar-refractivity contribution is 0.0904. The summed E-state index contributed by atoms with van der Waals surface area (Å²) in [5.41, 5.74) is 3.20. The maximum absolute atomic E-state index is 12.7.